The third-order valence-electron chi connectivity index (χ3n) is 5.42. The molecule has 1 unspecified atom stereocenters. The molecule has 27 heavy (non-hydrogen) atoms. The predicted octanol–water partition coefficient (Wildman–Crippen LogP) is 4.08. The second-order valence-corrected chi connectivity index (χ2v) is 8.77. The molecule has 4 nitrogen and oxygen atoms in total. The molecule has 1 aromatic carbocycles. The molecule has 1 aliphatic carbocycles. The first-order chi connectivity index (χ1) is 13.2. The molecule has 1 aromatic heterocycles. The highest BCUT2D eigenvalue weighted by molar-refractivity contribution is 7.14. The summed E-state index contributed by atoms with van der Waals surface area (Å²) in [6.07, 6.45) is 4.71. The maximum absolute atomic E-state index is 12.8. The van der Waals surface area contributed by atoms with Crippen molar-refractivity contribution in [2.24, 2.45) is 0 Å². The number of amides is 1. The molecule has 6 heteroatoms. The van der Waals surface area contributed by atoms with Crippen LogP contribution in [0, 0.1) is 0 Å². The summed E-state index contributed by atoms with van der Waals surface area (Å²) in [6, 6.07) is 10.2. The summed E-state index contributed by atoms with van der Waals surface area (Å²) in [7, 11) is 0. The number of nitrogens with zero attached hydrogens (tertiary/aromatic N) is 1. The molecule has 4 rings (SSSR count). The minimum atomic E-state index is 0.0432. The number of carbonyl (C=O) groups excluding carboxylic acids is 1. The number of benzene rings is 1. The van der Waals surface area contributed by atoms with Gasteiger partial charge in [-0.1, -0.05) is 23.7 Å². The maximum atomic E-state index is 12.8. The fourth-order valence-corrected chi connectivity index (χ4v) is 5.21. The summed E-state index contributed by atoms with van der Waals surface area (Å²) in [5.41, 5.74) is 2.55. The number of morpholine rings is 1. The Labute approximate surface area is 169 Å². The molecule has 2 aliphatic rings. The van der Waals surface area contributed by atoms with E-state index in [-0.39, 0.29) is 11.9 Å². The normalized spacial score (nSPS) is 18.7. The Balaban J connectivity index is 1.46. The van der Waals surface area contributed by atoms with Crippen LogP contribution in [-0.2, 0) is 17.6 Å². The lowest BCUT2D eigenvalue weighted by Gasteiger charge is -2.35. The molecule has 0 spiro atoms. The van der Waals surface area contributed by atoms with Crippen molar-refractivity contribution >= 4 is 28.8 Å². The van der Waals surface area contributed by atoms with Crippen molar-refractivity contribution in [1.29, 1.82) is 0 Å². The molecule has 1 N–H and O–H groups in total. The maximum Gasteiger partial charge on any atom is 0.261 e. The average Bonchev–Trinajstić information content (AvgIpc) is 3.14. The summed E-state index contributed by atoms with van der Waals surface area (Å²) < 4.78 is 5.50. The van der Waals surface area contributed by atoms with Gasteiger partial charge in [0, 0.05) is 29.5 Å². The van der Waals surface area contributed by atoms with Gasteiger partial charge >= 0.3 is 0 Å². The van der Waals surface area contributed by atoms with Gasteiger partial charge in [-0.25, -0.2) is 0 Å². The average molecular weight is 405 g/mol. The van der Waals surface area contributed by atoms with E-state index >= 15 is 0 Å². The highest BCUT2D eigenvalue weighted by atomic mass is 35.5. The molecular formula is C21H25ClN2O2S. The first kappa shape index (κ1) is 18.9. The third-order valence-corrected chi connectivity index (χ3v) is 6.91. The monoisotopic (exact) mass is 404 g/mol. The van der Waals surface area contributed by atoms with Crippen LogP contribution in [0.15, 0.2) is 30.3 Å². The van der Waals surface area contributed by atoms with Crippen LogP contribution >= 0.6 is 22.9 Å². The largest absolute Gasteiger partial charge is 0.379 e. The molecule has 0 radical (unpaired) electrons. The molecule has 1 aliphatic heterocycles. The highest BCUT2D eigenvalue weighted by Crippen LogP contribution is 2.30. The highest BCUT2D eigenvalue weighted by Gasteiger charge is 2.24. The number of thiophene rings is 1. The van der Waals surface area contributed by atoms with E-state index in [1.807, 2.05) is 12.1 Å². The van der Waals surface area contributed by atoms with Crippen LogP contribution in [0.2, 0.25) is 5.02 Å². The van der Waals surface area contributed by atoms with E-state index in [0.29, 0.717) is 6.54 Å². The quantitative estimate of drug-likeness (QED) is 0.816. The number of carbonyl (C=O) groups is 1. The lowest BCUT2D eigenvalue weighted by molar-refractivity contribution is 0.0162. The molecule has 0 bridgehead atoms. The zero-order chi connectivity index (χ0) is 18.6. The molecule has 0 saturated carbocycles. The van der Waals surface area contributed by atoms with E-state index in [1.165, 1.54) is 28.8 Å². The fourth-order valence-electron chi connectivity index (χ4n) is 3.91. The smallest absolute Gasteiger partial charge is 0.261 e. The predicted molar refractivity (Wildman–Crippen MR) is 110 cm³/mol. The van der Waals surface area contributed by atoms with Gasteiger partial charge in [-0.15, -0.1) is 11.3 Å². The van der Waals surface area contributed by atoms with Crippen LogP contribution < -0.4 is 5.32 Å². The summed E-state index contributed by atoms with van der Waals surface area (Å²) in [4.78, 5) is 17.4. The van der Waals surface area contributed by atoms with Gasteiger partial charge in [0.15, 0.2) is 0 Å². The van der Waals surface area contributed by atoms with Gasteiger partial charge in [0.25, 0.3) is 5.91 Å². The van der Waals surface area contributed by atoms with Crippen molar-refractivity contribution in [1.82, 2.24) is 10.2 Å². The number of hydrogen-bond acceptors (Lipinski definition) is 4. The summed E-state index contributed by atoms with van der Waals surface area (Å²) >= 11 is 7.72. The lowest BCUT2D eigenvalue weighted by atomic mass is 9.99. The number of ether oxygens (including phenoxy) is 1. The second-order valence-electron chi connectivity index (χ2n) is 7.19. The van der Waals surface area contributed by atoms with Crippen molar-refractivity contribution in [3.05, 3.63) is 56.2 Å². The number of rotatable bonds is 5. The van der Waals surface area contributed by atoms with Crippen LogP contribution in [0.25, 0.3) is 0 Å². The van der Waals surface area contributed by atoms with E-state index < -0.39 is 0 Å². The van der Waals surface area contributed by atoms with Gasteiger partial charge in [0.05, 0.1) is 24.1 Å². The Morgan fingerprint density at radius 2 is 1.93 bits per heavy atom. The van der Waals surface area contributed by atoms with Gasteiger partial charge in [-0.3, -0.25) is 9.69 Å². The lowest BCUT2D eigenvalue weighted by Crippen LogP contribution is -2.43. The number of nitrogens with one attached hydrogen (secondary N) is 1. The number of aryl methyl sites for hydroxylation is 2. The van der Waals surface area contributed by atoms with Gasteiger partial charge in [0.1, 0.15) is 0 Å². The van der Waals surface area contributed by atoms with E-state index in [0.717, 1.165) is 49.0 Å². The van der Waals surface area contributed by atoms with Crippen molar-refractivity contribution in [3.8, 4) is 0 Å². The first-order valence-electron chi connectivity index (χ1n) is 9.68. The van der Waals surface area contributed by atoms with Gasteiger partial charge < -0.3 is 10.1 Å². The van der Waals surface area contributed by atoms with E-state index in [4.69, 9.17) is 16.3 Å². The zero-order valence-corrected chi connectivity index (χ0v) is 17.0. The second kappa shape index (κ2) is 8.74. The molecule has 144 valence electrons. The van der Waals surface area contributed by atoms with Crippen LogP contribution in [0.5, 0.6) is 0 Å². The summed E-state index contributed by atoms with van der Waals surface area (Å²) in [5, 5.41) is 3.90. The third kappa shape index (κ3) is 4.54. The Morgan fingerprint density at radius 3 is 2.67 bits per heavy atom. The molecule has 1 amide bonds. The van der Waals surface area contributed by atoms with Crippen molar-refractivity contribution in [3.63, 3.8) is 0 Å². The zero-order valence-electron chi connectivity index (χ0n) is 15.4. The van der Waals surface area contributed by atoms with Gasteiger partial charge in [-0.05, 0) is 55.0 Å². The molecule has 1 atom stereocenters. The number of halogens is 1. The fraction of sp³-hybridized carbons (Fsp3) is 0.476. The Kier molecular flexibility index (Phi) is 6.13. The number of hydrogen-bond donors (Lipinski definition) is 1. The van der Waals surface area contributed by atoms with Crippen LogP contribution in [0.3, 0.4) is 0 Å². The van der Waals surface area contributed by atoms with Crippen LogP contribution in [-0.4, -0.2) is 43.7 Å². The van der Waals surface area contributed by atoms with Crippen LogP contribution in [0.1, 0.15) is 44.6 Å². The minimum absolute atomic E-state index is 0.0432. The standard InChI is InChI=1S/C21H25ClN2O2S/c22-17-7-5-15(6-8-17)18(24-9-11-26-12-10-24)14-23-21(25)20-13-16-3-1-2-4-19(16)27-20/h5-8,13,18H,1-4,9-12,14H2,(H,23,25). The van der Waals surface area contributed by atoms with Crippen molar-refractivity contribution in [2.45, 2.75) is 31.7 Å². The van der Waals surface area contributed by atoms with E-state index in [1.54, 1.807) is 11.3 Å². The van der Waals surface area contributed by atoms with E-state index in [9.17, 15) is 4.79 Å². The van der Waals surface area contributed by atoms with E-state index in [2.05, 4.69) is 28.4 Å². The SMILES string of the molecule is O=C(NCC(c1ccc(Cl)cc1)N1CCOCC1)c1cc2c(s1)CCCC2. The van der Waals surface area contributed by atoms with Gasteiger partial charge in [0.2, 0.25) is 0 Å². The van der Waals surface area contributed by atoms with Crippen molar-refractivity contribution in [2.75, 3.05) is 32.8 Å². The molecule has 2 aromatic rings. The molecule has 1 fully saturated rings. The summed E-state index contributed by atoms with van der Waals surface area (Å²) in [5.74, 6) is 0.0432. The Hall–Kier alpha value is -1.40. The Morgan fingerprint density at radius 1 is 1.19 bits per heavy atom. The molecule has 1 saturated heterocycles. The molecular weight excluding hydrogens is 380 g/mol. The van der Waals surface area contributed by atoms with Crippen molar-refractivity contribution < 1.29 is 9.53 Å². The Bertz CT molecular complexity index is 760. The van der Waals surface area contributed by atoms with Gasteiger partial charge in [-0.2, -0.15) is 0 Å². The summed E-state index contributed by atoms with van der Waals surface area (Å²) in [6.45, 7) is 3.79. The molecule has 2 heterocycles. The topological polar surface area (TPSA) is 41.6 Å². The minimum Gasteiger partial charge on any atom is -0.379 e. The number of fused-ring (bicyclic) bond motifs is 1. The first-order valence-corrected chi connectivity index (χ1v) is 10.9. The van der Waals surface area contributed by atoms with Crippen LogP contribution in [0.4, 0.5) is 0 Å².